The summed E-state index contributed by atoms with van der Waals surface area (Å²) in [5.74, 6) is 0. The van der Waals surface area contributed by atoms with Gasteiger partial charge < -0.3 is 5.32 Å². The summed E-state index contributed by atoms with van der Waals surface area (Å²) < 4.78 is 26.8. The second-order valence-electron chi connectivity index (χ2n) is 3.91. The summed E-state index contributed by atoms with van der Waals surface area (Å²) in [7, 11) is -2.21. The van der Waals surface area contributed by atoms with Gasteiger partial charge in [0.2, 0.25) is 10.0 Å². The minimum Gasteiger partial charge on any atom is -0.316 e. The average molecular weight is 352 g/mol. The fourth-order valence-electron chi connectivity index (χ4n) is 1.27. The molecule has 1 rings (SSSR count). The Labute approximate surface area is 119 Å². The molecular formula is C10H14BrN3O4S. The van der Waals surface area contributed by atoms with Crippen LogP contribution in [0.1, 0.15) is 6.92 Å². The Kier molecular flexibility index (Phi) is 5.41. The topological polar surface area (TPSA) is 101 Å². The van der Waals surface area contributed by atoms with Gasteiger partial charge in [0, 0.05) is 23.1 Å². The van der Waals surface area contributed by atoms with E-state index < -0.39 is 20.6 Å². The van der Waals surface area contributed by atoms with Crippen LogP contribution in [0.3, 0.4) is 0 Å². The Bertz CT molecular complexity index is 576. The maximum atomic E-state index is 12.0. The molecule has 0 aromatic heterocycles. The fraction of sp³-hybridized carbons (Fsp3) is 0.400. The van der Waals surface area contributed by atoms with Gasteiger partial charge in [-0.1, -0.05) is 15.9 Å². The van der Waals surface area contributed by atoms with Gasteiger partial charge >= 0.3 is 0 Å². The third-order valence-electron chi connectivity index (χ3n) is 2.48. The predicted octanol–water partition coefficient (Wildman–Crippen LogP) is 1.24. The van der Waals surface area contributed by atoms with Crippen molar-refractivity contribution < 1.29 is 13.3 Å². The SMILES string of the molecule is CNC(C)CNS(=O)(=O)c1ccc(Br)cc1[N+](=O)[O-]. The molecule has 0 saturated carbocycles. The van der Waals surface area contributed by atoms with Crippen LogP contribution in [-0.4, -0.2) is 33.0 Å². The number of rotatable bonds is 6. The number of halogens is 1. The van der Waals surface area contributed by atoms with Crippen molar-refractivity contribution in [2.75, 3.05) is 13.6 Å². The van der Waals surface area contributed by atoms with Crippen molar-refractivity contribution in [2.45, 2.75) is 17.9 Å². The van der Waals surface area contributed by atoms with E-state index in [-0.39, 0.29) is 17.5 Å². The van der Waals surface area contributed by atoms with E-state index in [1.807, 2.05) is 0 Å². The summed E-state index contributed by atoms with van der Waals surface area (Å²) in [4.78, 5) is 9.83. The van der Waals surface area contributed by atoms with Gasteiger partial charge in [-0.25, -0.2) is 13.1 Å². The highest BCUT2D eigenvalue weighted by Gasteiger charge is 2.25. The first-order chi connectivity index (χ1) is 8.77. The van der Waals surface area contributed by atoms with E-state index in [1.54, 1.807) is 14.0 Å². The second kappa shape index (κ2) is 6.42. The molecule has 0 spiro atoms. The molecule has 1 aromatic carbocycles. The lowest BCUT2D eigenvalue weighted by molar-refractivity contribution is -0.387. The minimum atomic E-state index is -3.91. The maximum absolute atomic E-state index is 12.0. The van der Waals surface area contributed by atoms with Crippen LogP contribution in [0.25, 0.3) is 0 Å². The standard InChI is InChI=1S/C10H14BrN3O4S/c1-7(12-2)6-13-19(17,18)10-4-3-8(11)5-9(10)14(15)16/h3-5,7,12-13H,6H2,1-2H3. The lowest BCUT2D eigenvalue weighted by Gasteiger charge is -2.12. The van der Waals surface area contributed by atoms with Crippen molar-refractivity contribution in [2.24, 2.45) is 0 Å². The van der Waals surface area contributed by atoms with Gasteiger partial charge in [-0.3, -0.25) is 10.1 Å². The van der Waals surface area contributed by atoms with E-state index in [0.29, 0.717) is 4.47 Å². The van der Waals surface area contributed by atoms with Crippen LogP contribution in [0.4, 0.5) is 5.69 Å². The first-order valence-electron chi connectivity index (χ1n) is 5.39. The van der Waals surface area contributed by atoms with E-state index in [0.717, 1.165) is 6.07 Å². The molecule has 0 saturated heterocycles. The second-order valence-corrected chi connectivity index (χ2v) is 6.56. The molecule has 0 amide bonds. The Morgan fingerprint density at radius 2 is 2.11 bits per heavy atom. The highest BCUT2D eigenvalue weighted by Crippen LogP contribution is 2.27. The summed E-state index contributed by atoms with van der Waals surface area (Å²) in [6.07, 6.45) is 0. The van der Waals surface area contributed by atoms with Gasteiger partial charge in [-0.05, 0) is 26.1 Å². The van der Waals surface area contributed by atoms with Crippen molar-refractivity contribution >= 4 is 31.6 Å². The molecule has 0 fully saturated rings. The van der Waals surface area contributed by atoms with Gasteiger partial charge in [-0.15, -0.1) is 0 Å². The monoisotopic (exact) mass is 351 g/mol. The molecule has 0 radical (unpaired) electrons. The average Bonchev–Trinajstić information content (AvgIpc) is 2.35. The van der Waals surface area contributed by atoms with E-state index in [1.165, 1.54) is 12.1 Å². The Morgan fingerprint density at radius 3 is 2.63 bits per heavy atom. The van der Waals surface area contributed by atoms with Crippen molar-refractivity contribution in [3.63, 3.8) is 0 Å². The molecule has 1 atom stereocenters. The molecule has 106 valence electrons. The number of nitrogens with zero attached hydrogens (tertiary/aromatic N) is 1. The molecule has 1 aromatic rings. The van der Waals surface area contributed by atoms with Crippen molar-refractivity contribution in [1.29, 1.82) is 0 Å². The molecule has 9 heteroatoms. The third kappa shape index (κ3) is 4.23. The first kappa shape index (κ1) is 16.0. The number of nitro benzene ring substituents is 1. The highest BCUT2D eigenvalue weighted by molar-refractivity contribution is 9.10. The van der Waals surface area contributed by atoms with Crippen LogP contribution in [0, 0.1) is 10.1 Å². The van der Waals surface area contributed by atoms with E-state index in [9.17, 15) is 18.5 Å². The van der Waals surface area contributed by atoms with E-state index >= 15 is 0 Å². The number of sulfonamides is 1. The smallest absolute Gasteiger partial charge is 0.290 e. The Hall–Kier alpha value is -1.03. The molecule has 0 heterocycles. The first-order valence-corrected chi connectivity index (χ1v) is 7.66. The molecule has 0 bridgehead atoms. The highest BCUT2D eigenvalue weighted by atomic mass is 79.9. The third-order valence-corrected chi connectivity index (χ3v) is 4.44. The Balaban J connectivity index is 3.11. The van der Waals surface area contributed by atoms with Crippen LogP contribution >= 0.6 is 15.9 Å². The number of hydrogen-bond acceptors (Lipinski definition) is 5. The lowest BCUT2D eigenvalue weighted by atomic mass is 10.3. The zero-order valence-corrected chi connectivity index (χ0v) is 12.8. The molecule has 19 heavy (non-hydrogen) atoms. The number of nitrogens with one attached hydrogen (secondary N) is 2. The predicted molar refractivity (Wildman–Crippen MR) is 74.5 cm³/mol. The summed E-state index contributed by atoms with van der Waals surface area (Å²) in [5.41, 5.74) is -0.459. The summed E-state index contributed by atoms with van der Waals surface area (Å²) in [5, 5.41) is 13.8. The Morgan fingerprint density at radius 1 is 1.47 bits per heavy atom. The van der Waals surface area contributed by atoms with Gasteiger partial charge in [0.1, 0.15) is 0 Å². The molecule has 0 aliphatic heterocycles. The lowest BCUT2D eigenvalue weighted by Crippen LogP contribution is -2.37. The number of hydrogen-bond donors (Lipinski definition) is 2. The molecular weight excluding hydrogens is 338 g/mol. The molecule has 7 nitrogen and oxygen atoms in total. The number of likely N-dealkylation sites (N-methyl/N-ethyl adjacent to an activating group) is 1. The molecule has 0 aliphatic carbocycles. The summed E-state index contributed by atoms with van der Waals surface area (Å²) in [6, 6.07) is 3.73. The normalized spacial score (nSPS) is 13.2. The van der Waals surface area contributed by atoms with Crippen LogP contribution in [0.5, 0.6) is 0 Å². The molecule has 1 unspecified atom stereocenters. The van der Waals surface area contributed by atoms with Crippen LogP contribution in [0.2, 0.25) is 0 Å². The van der Waals surface area contributed by atoms with Gasteiger partial charge in [0.25, 0.3) is 5.69 Å². The minimum absolute atomic E-state index is 0.0794. The quantitative estimate of drug-likeness (QED) is 0.593. The van der Waals surface area contributed by atoms with Crippen molar-refractivity contribution in [1.82, 2.24) is 10.0 Å². The summed E-state index contributed by atoms with van der Waals surface area (Å²) >= 11 is 3.08. The summed E-state index contributed by atoms with van der Waals surface area (Å²) in [6.45, 7) is 1.94. The van der Waals surface area contributed by atoms with Gasteiger partial charge in [0.05, 0.1) is 4.92 Å². The molecule has 2 N–H and O–H groups in total. The zero-order chi connectivity index (χ0) is 14.6. The van der Waals surface area contributed by atoms with Crippen molar-refractivity contribution in [3.8, 4) is 0 Å². The van der Waals surface area contributed by atoms with E-state index in [2.05, 4.69) is 26.0 Å². The largest absolute Gasteiger partial charge is 0.316 e. The van der Waals surface area contributed by atoms with Crippen LogP contribution < -0.4 is 10.0 Å². The molecule has 0 aliphatic rings. The van der Waals surface area contributed by atoms with Crippen LogP contribution in [-0.2, 0) is 10.0 Å². The number of nitro groups is 1. The maximum Gasteiger partial charge on any atom is 0.290 e. The van der Waals surface area contributed by atoms with Gasteiger partial charge in [0.15, 0.2) is 4.90 Å². The van der Waals surface area contributed by atoms with Crippen molar-refractivity contribution in [3.05, 3.63) is 32.8 Å². The van der Waals surface area contributed by atoms with Gasteiger partial charge in [-0.2, -0.15) is 0 Å². The van der Waals surface area contributed by atoms with Crippen LogP contribution in [0.15, 0.2) is 27.6 Å². The van der Waals surface area contributed by atoms with E-state index in [4.69, 9.17) is 0 Å². The zero-order valence-electron chi connectivity index (χ0n) is 10.4. The fourth-order valence-corrected chi connectivity index (χ4v) is 2.90. The number of benzene rings is 1.